The molecule has 0 spiro atoms. The number of hydrogen-bond acceptors (Lipinski definition) is 5. The second-order valence-electron chi connectivity index (χ2n) is 4.72. The summed E-state index contributed by atoms with van der Waals surface area (Å²) >= 11 is 0. The van der Waals surface area contributed by atoms with Gasteiger partial charge in [-0.15, -0.1) is 0 Å². The van der Waals surface area contributed by atoms with Crippen LogP contribution in [0.3, 0.4) is 0 Å². The van der Waals surface area contributed by atoms with Gasteiger partial charge in [-0.05, 0) is 0 Å². The van der Waals surface area contributed by atoms with Crippen molar-refractivity contribution in [3.05, 3.63) is 0 Å². The minimum Gasteiger partial charge on any atom is -0.480 e. The lowest BCUT2D eigenvalue weighted by molar-refractivity contribution is -0.148. The van der Waals surface area contributed by atoms with Gasteiger partial charge in [0, 0.05) is 32.0 Å². The molecule has 0 aromatic carbocycles. The highest BCUT2D eigenvalue weighted by Crippen LogP contribution is 2.19. The number of aliphatic hydroxyl groups excluding tert-OH is 1. The maximum atomic E-state index is 12.0. The van der Waals surface area contributed by atoms with Crippen LogP contribution < -0.4 is 5.32 Å². The molecule has 0 aromatic heterocycles. The molecular formula is C11H18N2O5. The van der Waals surface area contributed by atoms with Crippen molar-refractivity contribution >= 4 is 11.9 Å². The molecule has 0 bridgehead atoms. The third-order valence-electron chi connectivity index (χ3n) is 3.30. The summed E-state index contributed by atoms with van der Waals surface area (Å²) in [6.07, 6.45) is -0.433. The van der Waals surface area contributed by atoms with E-state index in [-0.39, 0.29) is 31.3 Å². The SMILES string of the molecule is O=C(O)[C@@H]1C[C@H](O)CN1C(=O)CC1COCCN1. The van der Waals surface area contributed by atoms with Gasteiger partial charge >= 0.3 is 5.97 Å². The average Bonchev–Trinajstić information content (AvgIpc) is 2.73. The van der Waals surface area contributed by atoms with Crippen molar-refractivity contribution in [3.63, 3.8) is 0 Å². The van der Waals surface area contributed by atoms with Crippen LogP contribution in [0.2, 0.25) is 0 Å². The van der Waals surface area contributed by atoms with E-state index in [9.17, 15) is 14.7 Å². The number of amides is 1. The normalized spacial score (nSPS) is 32.5. The standard InChI is InChI=1S/C11H18N2O5/c14-8-4-9(11(16)17)13(5-8)10(15)3-7-6-18-2-1-12-7/h7-9,12,14H,1-6H2,(H,16,17)/t7?,8-,9-/m0/s1. The van der Waals surface area contributed by atoms with Crippen LogP contribution in [0.5, 0.6) is 0 Å². The summed E-state index contributed by atoms with van der Waals surface area (Å²) in [6.45, 7) is 1.89. The summed E-state index contributed by atoms with van der Waals surface area (Å²) < 4.78 is 5.24. The predicted molar refractivity (Wildman–Crippen MR) is 61.0 cm³/mol. The molecule has 7 heteroatoms. The molecule has 1 amide bonds. The van der Waals surface area contributed by atoms with Crippen molar-refractivity contribution < 1.29 is 24.5 Å². The van der Waals surface area contributed by atoms with Gasteiger partial charge in [0.1, 0.15) is 6.04 Å². The lowest BCUT2D eigenvalue weighted by Crippen LogP contribution is -2.47. The third-order valence-corrected chi connectivity index (χ3v) is 3.30. The molecule has 7 nitrogen and oxygen atoms in total. The number of aliphatic carboxylic acids is 1. The van der Waals surface area contributed by atoms with E-state index in [0.717, 1.165) is 0 Å². The smallest absolute Gasteiger partial charge is 0.326 e. The number of carbonyl (C=O) groups excluding carboxylic acids is 1. The summed E-state index contributed by atoms with van der Waals surface area (Å²) in [5, 5.41) is 21.6. The number of nitrogens with one attached hydrogen (secondary N) is 1. The van der Waals surface area contributed by atoms with Gasteiger partial charge in [0.05, 0.1) is 19.3 Å². The van der Waals surface area contributed by atoms with E-state index in [0.29, 0.717) is 19.8 Å². The zero-order valence-electron chi connectivity index (χ0n) is 10.0. The highest BCUT2D eigenvalue weighted by atomic mass is 16.5. The number of ether oxygens (including phenoxy) is 1. The van der Waals surface area contributed by atoms with E-state index in [1.807, 2.05) is 0 Å². The van der Waals surface area contributed by atoms with Crippen molar-refractivity contribution in [2.45, 2.75) is 31.0 Å². The Bertz CT molecular complexity index is 329. The number of β-amino-alcohol motifs (C(OH)–C–C–N with tert-alkyl or cyclic N) is 1. The van der Waals surface area contributed by atoms with Crippen LogP contribution in [0.1, 0.15) is 12.8 Å². The molecule has 0 radical (unpaired) electrons. The van der Waals surface area contributed by atoms with Gasteiger partial charge in [-0.1, -0.05) is 0 Å². The number of carbonyl (C=O) groups is 2. The predicted octanol–water partition coefficient (Wildman–Crippen LogP) is -1.59. The van der Waals surface area contributed by atoms with Gasteiger partial charge in [0.15, 0.2) is 0 Å². The first-order valence-corrected chi connectivity index (χ1v) is 6.09. The third kappa shape index (κ3) is 2.98. The van der Waals surface area contributed by atoms with Crippen molar-refractivity contribution in [3.8, 4) is 0 Å². The van der Waals surface area contributed by atoms with Crippen LogP contribution in [0.15, 0.2) is 0 Å². The second-order valence-corrected chi connectivity index (χ2v) is 4.72. The van der Waals surface area contributed by atoms with Gasteiger partial charge in [-0.25, -0.2) is 4.79 Å². The molecule has 18 heavy (non-hydrogen) atoms. The highest BCUT2D eigenvalue weighted by molar-refractivity contribution is 5.84. The number of carboxylic acid groups (broad SMARTS) is 1. The topological polar surface area (TPSA) is 99.1 Å². The lowest BCUT2D eigenvalue weighted by atomic mass is 10.1. The lowest BCUT2D eigenvalue weighted by Gasteiger charge is -2.27. The largest absolute Gasteiger partial charge is 0.480 e. The van der Waals surface area contributed by atoms with Gasteiger partial charge in [-0.2, -0.15) is 0 Å². The molecule has 1 unspecified atom stereocenters. The van der Waals surface area contributed by atoms with E-state index < -0.39 is 18.1 Å². The second kappa shape index (κ2) is 5.64. The Morgan fingerprint density at radius 3 is 2.83 bits per heavy atom. The van der Waals surface area contributed by atoms with E-state index in [4.69, 9.17) is 9.84 Å². The minimum atomic E-state index is -1.06. The molecular weight excluding hydrogens is 240 g/mol. The van der Waals surface area contributed by atoms with E-state index in [1.54, 1.807) is 0 Å². The number of nitrogens with zero attached hydrogens (tertiary/aromatic N) is 1. The Balaban J connectivity index is 1.92. The Kier molecular flexibility index (Phi) is 4.15. The van der Waals surface area contributed by atoms with Crippen LogP contribution in [0, 0.1) is 0 Å². The number of aliphatic hydroxyl groups is 1. The highest BCUT2D eigenvalue weighted by Gasteiger charge is 2.39. The van der Waals surface area contributed by atoms with Crippen molar-refractivity contribution in [1.82, 2.24) is 10.2 Å². The summed E-state index contributed by atoms with van der Waals surface area (Å²) in [6, 6.07) is -0.976. The zero-order valence-corrected chi connectivity index (χ0v) is 10.0. The van der Waals surface area contributed by atoms with Crippen LogP contribution in [-0.2, 0) is 14.3 Å². The molecule has 0 aromatic rings. The Morgan fingerprint density at radius 1 is 1.44 bits per heavy atom. The fourth-order valence-electron chi connectivity index (χ4n) is 2.40. The summed E-state index contributed by atoms with van der Waals surface area (Å²) in [4.78, 5) is 24.3. The van der Waals surface area contributed by atoms with Crippen LogP contribution in [0.25, 0.3) is 0 Å². The van der Waals surface area contributed by atoms with Crippen molar-refractivity contribution in [2.75, 3.05) is 26.3 Å². The Hall–Kier alpha value is -1.18. The number of morpholine rings is 1. The Labute approximate surface area is 105 Å². The quantitative estimate of drug-likeness (QED) is 0.564. The molecule has 0 saturated carbocycles. The van der Waals surface area contributed by atoms with Gasteiger partial charge in [-0.3, -0.25) is 4.79 Å². The number of likely N-dealkylation sites (tertiary alicyclic amines) is 1. The molecule has 2 saturated heterocycles. The molecule has 2 aliphatic heterocycles. The molecule has 3 N–H and O–H groups in total. The van der Waals surface area contributed by atoms with Gasteiger partial charge in [0.2, 0.25) is 5.91 Å². The first-order chi connectivity index (χ1) is 8.58. The first kappa shape index (κ1) is 13.3. The van der Waals surface area contributed by atoms with Crippen molar-refractivity contribution in [1.29, 1.82) is 0 Å². The summed E-state index contributed by atoms with van der Waals surface area (Å²) in [5.74, 6) is -1.31. The van der Waals surface area contributed by atoms with Crippen LogP contribution in [0.4, 0.5) is 0 Å². The molecule has 102 valence electrons. The first-order valence-electron chi connectivity index (χ1n) is 6.09. The molecule has 3 atom stereocenters. The fourth-order valence-corrected chi connectivity index (χ4v) is 2.40. The number of carboxylic acids is 1. The van der Waals surface area contributed by atoms with Crippen LogP contribution in [-0.4, -0.2) is 71.5 Å². The summed E-state index contributed by atoms with van der Waals surface area (Å²) in [7, 11) is 0. The minimum absolute atomic E-state index is 0.0709. The zero-order chi connectivity index (χ0) is 13.1. The molecule has 2 heterocycles. The molecule has 2 aliphatic rings. The van der Waals surface area contributed by atoms with Gasteiger partial charge < -0.3 is 25.2 Å². The average molecular weight is 258 g/mol. The van der Waals surface area contributed by atoms with E-state index in [2.05, 4.69) is 5.32 Å². The molecule has 2 rings (SSSR count). The van der Waals surface area contributed by atoms with Crippen LogP contribution >= 0.6 is 0 Å². The van der Waals surface area contributed by atoms with Crippen molar-refractivity contribution in [2.24, 2.45) is 0 Å². The maximum Gasteiger partial charge on any atom is 0.326 e. The Morgan fingerprint density at radius 2 is 2.22 bits per heavy atom. The van der Waals surface area contributed by atoms with Gasteiger partial charge in [0.25, 0.3) is 0 Å². The number of rotatable bonds is 3. The monoisotopic (exact) mass is 258 g/mol. The van der Waals surface area contributed by atoms with E-state index >= 15 is 0 Å². The molecule has 2 fully saturated rings. The molecule has 0 aliphatic carbocycles. The maximum absolute atomic E-state index is 12.0. The number of hydrogen-bond donors (Lipinski definition) is 3. The fraction of sp³-hybridized carbons (Fsp3) is 0.818. The summed E-state index contributed by atoms with van der Waals surface area (Å²) in [5.41, 5.74) is 0. The van der Waals surface area contributed by atoms with E-state index in [1.165, 1.54) is 4.90 Å².